The normalized spacial score (nSPS) is 14.1. The second-order valence-electron chi connectivity index (χ2n) is 6.77. The second kappa shape index (κ2) is 7.81. The zero-order valence-electron chi connectivity index (χ0n) is 16.0. The minimum atomic E-state index is -0.645. The van der Waals surface area contributed by atoms with Crippen LogP contribution in [0.25, 0.3) is 21.8 Å². The van der Waals surface area contributed by atoms with E-state index in [1.165, 1.54) is 12.0 Å². The van der Waals surface area contributed by atoms with Crippen LogP contribution in [-0.4, -0.2) is 53.7 Å². The number of halogens is 1. The Balaban J connectivity index is 1.88. The SMILES string of the molecule is COC(=O)C1=C(Nc2cccc3c(=O)c4cccc(Cl)c4[nH]c23)C(=O)N(CCO)C1. The molecule has 9 heteroatoms. The van der Waals surface area contributed by atoms with E-state index in [9.17, 15) is 19.5 Å². The molecular weight excluding hydrogens is 410 g/mol. The van der Waals surface area contributed by atoms with Gasteiger partial charge in [-0.3, -0.25) is 9.59 Å². The van der Waals surface area contributed by atoms with Gasteiger partial charge < -0.3 is 25.0 Å². The molecular formula is C21H18ClN3O5. The number of benzene rings is 2. The minimum absolute atomic E-state index is 0.0183. The van der Waals surface area contributed by atoms with Crippen LogP contribution in [0.3, 0.4) is 0 Å². The Morgan fingerprint density at radius 2 is 1.90 bits per heavy atom. The summed E-state index contributed by atoms with van der Waals surface area (Å²) in [5, 5.41) is 13.4. The number of hydrogen-bond acceptors (Lipinski definition) is 6. The zero-order chi connectivity index (χ0) is 21.4. The Hall–Kier alpha value is -3.36. The number of nitrogens with one attached hydrogen (secondary N) is 2. The number of pyridine rings is 1. The first-order valence-electron chi connectivity index (χ1n) is 9.18. The Morgan fingerprint density at radius 1 is 1.20 bits per heavy atom. The molecule has 8 nitrogen and oxygen atoms in total. The molecule has 30 heavy (non-hydrogen) atoms. The molecule has 1 aromatic heterocycles. The molecule has 0 spiro atoms. The molecule has 0 bridgehead atoms. The maximum Gasteiger partial charge on any atom is 0.337 e. The molecule has 0 atom stereocenters. The van der Waals surface area contributed by atoms with Crippen LogP contribution in [0.5, 0.6) is 0 Å². The van der Waals surface area contributed by atoms with Crippen LogP contribution in [0, 0.1) is 0 Å². The van der Waals surface area contributed by atoms with Crippen LogP contribution >= 0.6 is 11.6 Å². The van der Waals surface area contributed by atoms with E-state index in [0.717, 1.165) is 0 Å². The highest BCUT2D eigenvalue weighted by atomic mass is 35.5. The van der Waals surface area contributed by atoms with Gasteiger partial charge in [0.15, 0.2) is 5.43 Å². The van der Waals surface area contributed by atoms with E-state index in [1.54, 1.807) is 36.4 Å². The van der Waals surface area contributed by atoms with Crippen molar-refractivity contribution in [2.75, 3.05) is 32.1 Å². The Morgan fingerprint density at radius 3 is 2.60 bits per heavy atom. The molecule has 0 unspecified atom stereocenters. The van der Waals surface area contributed by atoms with Crippen LogP contribution < -0.4 is 10.7 Å². The maximum absolute atomic E-state index is 13.0. The first-order chi connectivity index (χ1) is 14.5. The summed E-state index contributed by atoms with van der Waals surface area (Å²) in [5.74, 6) is -1.09. The van der Waals surface area contributed by atoms with Crippen molar-refractivity contribution in [3.05, 3.63) is 62.9 Å². The smallest absolute Gasteiger partial charge is 0.337 e. The van der Waals surface area contributed by atoms with Crippen molar-refractivity contribution in [3.63, 3.8) is 0 Å². The third kappa shape index (κ3) is 3.20. The second-order valence-corrected chi connectivity index (χ2v) is 7.17. The van der Waals surface area contributed by atoms with Gasteiger partial charge >= 0.3 is 5.97 Å². The number of nitrogens with zero attached hydrogens (tertiary/aromatic N) is 1. The highest BCUT2D eigenvalue weighted by Crippen LogP contribution is 2.29. The maximum atomic E-state index is 13.0. The molecule has 0 radical (unpaired) electrons. The lowest BCUT2D eigenvalue weighted by atomic mass is 10.1. The first kappa shape index (κ1) is 19.9. The quantitative estimate of drug-likeness (QED) is 0.424. The van der Waals surface area contributed by atoms with Crippen molar-refractivity contribution >= 4 is 51.0 Å². The monoisotopic (exact) mass is 427 g/mol. The van der Waals surface area contributed by atoms with Gasteiger partial charge in [0.25, 0.3) is 5.91 Å². The zero-order valence-corrected chi connectivity index (χ0v) is 16.7. The highest BCUT2D eigenvalue weighted by molar-refractivity contribution is 6.35. The molecule has 0 fully saturated rings. The molecule has 1 amide bonds. The summed E-state index contributed by atoms with van der Waals surface area (Å²) in [6.07, 6.45) is 0. The van der Waals surface area contributed by atoms with E-state index in [-0.39, 0.29) is 36.4 Å². The number of esters is 1. The van der Waals surface area contributed by atoms with Gasteiger partial charge in [-0.15, -0.1) is 0 Å². The third-order valence-corrected chi connectivity index (χ3v) is 5.35. The van der Waals surface area contributed by atoms with Gasteiger partial charge in [0.05, 0.1) is 47.6 Å². The number of carbonyl (C=O) groups excluding carboxylic acids is 2. The van der Waals surface area contributed by atoms with E-state index < -0.39 is 11.9 Å². The topological polar surface area (TPSA) is 112 Å². The van der Waals surface area contributed by atoms with Crippen LogP contribution in [0.1, 0.15) is 0 Å². The van der Waals surface area contributed by atoms with Crippen LogP contribution in [0.2, 0.25) is 5.02 Å². The van der Waals surface area contributed by atoms with Gasteiger partial charge in [-0.1, -0.05) is 23.7 Å². The fraction of sp³-hybridized carbons (Fsp3) is 0.190. The van der Waals surface area contributed by atoms with E-state index in [4.69, 9.17) is 16.3 Å². The lowest BCUT2D eigenvalue weighted by Gasteiger charge is -2.15. The Kier molecular flexibility index (Phi) is 5.19. The standard InChI is InChI=1S/C21H18ClN3O5/c1-30-21(29)13-10-25(8-9-26)20(28)18(13)23-15-7-3-5-12-17(15)24-16-11(19(12)27)4-2-6-14(16)22/h2-7,23,26H,8-10H2,1H3,(H,24,27). The van der Waals surface area contributed by atoms with Crippen molar-refractivity contribution < 1.29 is 19.4 Å². The molecule has 154 valence electrons. The van der Waals surface area contributed by atoms with Crippen LogP contribution in [0.4, 0.5) is 5.69 Å². The number of amides is 1. The number of fused-ring (bicyclic) bond motifs is 2. The molecule has 3 N–H and O–H groups in total. The van der Waals surface area contributed by atoms with E-state index in [0.29, 0.717) is 32.5 Å². The largest absolute Gasteiger partial charge is 0.466 e. The summed E-state index contributed by atoms with van der Waals surface area (Å²) in [6.45, 7) is -0.138. The number of aliphatic hydroxyl groups excluding tert-OH is 1. The van der Waals surface area contributed by atoms with Gasteiger partial charge in [-0.2, -0.15) is 0 Å². The van der Waals surface area contributed by atoms with E-state index in [2.05, 4.69) is 10.3 Å². The molecule has 4 rings (SSSR count). The summed E-state index contributed by atoms with van der Waals surface area (Å²) in [5.41, 5.74) is 1.35. The first-order valence-corrected chi connectivity index (χ1v) is 9.56. The van der Waals surface area contributed by atoms with Gasteiger partial charge in [0, 0.05) is 17.3 Å². The molecule has 1 aliphatic heterocycles. The van der Waals surface area contributed by atoms with Crippen LogP contribution in [0.15, 0.2) is 52.5 Å². The number of aromatic amines is 1. The Bertz CT molecular complexity index is 1280. The lowest BCUT2D eigenvalue weighted by molar-refractivity contribution is -0.136. The molecule has 0 aliphatic carbocycles. The number of hydrogen-bond donors (Lipinski definition) is 3. The number of aromatic nitrogens is 1. The lowest BCUT2D eigenvalue weighted by Crippen LogP contribution is -2.31. The summed E-state index contributed by atoms with van der Waals surface area (Å²) in [6, 6.07) is 10.1. The molecule has 2 aromatic carbocycles. The summed E-state index contributed by atoms with van der Waals surface area (Å²) >= 11 is 6.27. The summed E-state index contributed by atoms with van der Waals surface area (Å²) in [4.78, 5) is 42.5. The highest BCUT2D eigenvalue weighted by Gasteiger charge is 2.34. The van der Waals surface area contributed by atoms with Gasteiger partial charge in [0.1, 0.15) is 5.70 Å². The molecule has 1 aliphatic rings. The predicted molar refractivity (Wildman–Crippen MR) is 113 cm³/mol. The number of methoxy groups -OCH3 is 1. The number of H-pyrrole nitrogens is 1. The van der Waals surface area contributed by atoms with Crippen molar-refractivity contribution in [1.82, 2.24) is 9.88 Å². The van der Waals surface area contributed by atoms with Gasteiger partial charge in [-0.05, 0) is 24.3 Å². The number of para-hydroxylation sites is 2. The van der Waals surface area contributed by atoms with Crippen LogP contribution in [-0.2, 0) is 14.3 Å². The minimum Gasteiger partial charge on any atom is -0.466 e. The van der Waals surface area contributed by atoms with Crippen molar-refractivity contribution in [1.29, 1.82) is 0 Å². The number of anilines is 1. The fourth-order valence-corrected chi connectivity index (χ4v) is 3.80. The van der Waals surface area contributed by atoms with Crippen molar-refractivity contribution in [2.45, 2.75) is 0 Å². The average molecular weight is 428 g/mol. The van der Waals surface area contributed by atoms with Gasteiger partial charge in [-0.25, -0.2) is 4.79 Å². The van der Waals surface area contributed by atoms with Gasteiger partial charge in [0.2, 0.25) is 0 Å². The van der Waals surface area contributed by atoms with E-state index in [1.807, 2.05) is 0 Å². The molecule has 0 saturated heterocycles. The number of aliphatic hydroxyl groups is 1. The number of carbonyl (C=O) groups is 2. The fourth-order valence-electron chi connectivity index (χ4n) is 3.57. The molecule has 0 saturated carbocycles. The van der Waals surface area contributed by atoms with Crippen molar-refractivity contribution in [3.8, 4) is 0 Å². The predicted octanol–water partition coefficient (Wildman–Crippen LogP) is 2.01. The molecule has 3 aromatic rings. The average Bonchev–Trinajstić information content (AvgIpc) is 3.05. The van der Waals surface area contributed by atoms with E-state index >= 15 is 0 Å². The van der Waals surface area contributed by atoms with Crippen molar-refractivity contribution in [2.24, 2.45) is 0 Å². The summed E-state index contributed by atoms with van der Waals surface area (Å²) in [7, 11) is 1.23. The summed E-state index contributed by atoms with van der Waals surface area (Å²) < 4.78 is 4.80. The third-order valence-electron chi connectivity index (χ3n) is 5.03. The molecule has 2 heterocycles. The Labute approximate surface area is 175 Å². The number of rotatable bonds is 5. The number of β-amino-alcohol motifs (C(OH)–C–C–N with tert-alkyl or cyclic N) is 1. The number of ether oxygens (including phenoxy) is 1.